The summed E-state index contributed by atoms with van der Waals surface area (Å²) >= 11 is 0. The molecule has 2 aromatic rings. The maximum atomic E-state index is 11.9. The molecule has 0 aliphatic carbocycles. The molecule has 0 radical (unpaired) electrons. The minimum Gasteiger partial charge on any atom is -0.380 e. The molecule has 0 fully saturated rings. The molecule has 0 heterocycles. The van der Waals surface area contributed by atoms with Crippen LogP contribution in [0.5, 0.6) is 0 Å². The summed E-state index contributed by atoms with van der Waals surface area (Å²) in [5.74, 6) is -0.137. The standard InChI is InChI=1S/C20H24N2O3/c1-25-15-17-8-5-7-16(13-17)14-22-19(23)11-6-12-21-20(24)18-9-3-2-4-10-18/h2-5,7-10,13H,6,11-12,14-15H2,1H3,(H,21,24)(H,22,23). The zero-order valence-electron chi connectivity index (χ0n) is 14.5. The molecule has 132 valence electrons. The van der Waals surface area contributed by atoms with Crippen LogP contribution in [-0.2, 0) is 22.7 Å². The first-order valence-electron chi connectivity index (χ1n) is 8.35. The van der Waals surface area contributed by atoms with Gasteiger partial charge < -0.3 is 15.4 Å². The highest BCUT2D eigenvalue weighted by Gasteiger charge is 2.05. The fourth-order valence-corrected chi connectivity index (χ4v) is 2.43. The number of carbonyl (C=O) groups is 2. The maximum absolute atomic E-state index is 11.9. The average molecular weight is 340 g/mol. The molecule has 0 spiro atoms. The third-order valence-electron chi connectivity index (χ3n) is 3.69. The molecule has 25 heavy (non-hydrogen) atoms. The summed E-state index contributed by atoms with van der Waals surface area (Å²) in [5.41, 5.74) is 2.75. The number of carbonyl (C=O) groups excluding carboxylic acids is 2. The molecule has 5 heteroatoms. The largest absolute Gasteiger partial charge is 0.380 e. The lowest BCUT2D eigenvalue weighted by Gasteiger charge is -2.08. The minimum atomic E-state index is -0.115. The number of hydrogen-bond acceptors (Lipinski definition) is 3. The number of nitrogens with one attached hydrogen (secondary N) is 2. The van der Waals surface area contributed by atoms with Gasteiger partial charge in [0.2, 0.25) is 5.91 Å². The Morgan fingerprint density at radius 1 is 0.960 bits per heavy atom. The lowest BCUT2D eigenvalue weighted by molar-refractivity contribution is -0.121. The molecule has 0 unspecified atom stereocenters. The van der Waals surface area contributed by atoms with Crippen LogP contribution in [0.1, 0.15) is 34.3 Å². The summed E-state index contributed by atoms with van der Waals surface area (Å²) in [6.07, 6.45) is 0.987. The van der Waals surface area contributed by atoms with Crippen molar-refractivity contribution in [1.82, 2.24) is 10.6 Å². The first-order chi connectivity index (χ1) is 12.2. The second kappa shape index (κ2) is 10.3. The molecule has 0 atom stereocenters. The topological polar surface area (TPSA) is 67.4 Å². The van der Waals surface area contributed by atoms with Crippen LogP contribution in [0, 0.1) is 0 Å². The first kappa shape index (κ1) is 18.7. The van der Waals surface area contributed by atoms with E-state index in [-0.39, 0.29) is 11.8 Å². The Hall–Kier alpha value is -2.66. The van der Waals surface area contributed by atoms with Crippen molar-refractivity contribution in [2.45, 2.75) is 26.0 Å². The van der Waals surface area contributed by atoms with Crippen molar-refractivity contribution >= 4 is 11.8 Å². The van der Waals surface area contributed by atoms with Crippen molar-refractivity contribution < 1.29 is 14.3 Å². The Labute approximate surface area is 148 Å². The first-order valence-corrected chi connectivity index (χ1v) is 8.35. The van der Waals surface area contributed by atoms with Gasteiger partial charge in [-0.05, 0) is 29.7 Å². The molecule has 0 bridgehead atoms. The van der Waals surface area contributed by atoms with Gasteiger partial charge in [-0.1, -0.05) is 42.5 Å². The van der Waals surface area contributed by atoms with E-state index in [0.717, 1.165) is 11.1 Å². The van der Waals surface area contributed by atoms with Crippen molar-refractivity contribution in [3.8, 4) is 0 Å². The van der Waals surface area contributed by atoms with E-state index in [0.29, 0.717) is 38.1 Å². The number of benzene rings is 2. The number of rotatable bonds is 9. The maximum Gasteiger partial charge on any atom is 0.251 e. The zero-order chi connectivity index (χ0) is 17.9. The number of methoxy groups -OCH3 is 1. The van der Waals surface area contributed by atoms with Gasteiger partial charge in [0.25, 0.3) is 5.91 Å². The molecule has 0 saturated heterocycles. The van der Waals surface area contributed by atoms with E-state index >= 15 is 0 Å². The predicted octanol–water partition coefficient (Wildman–Crippen LogP) is 2.66. The van der Waals surface area contributed by atoms with Gasteiger partial charge in [-0.25, -0.2) is 0 Å². The fraction of sp³-hybridized carbons (Fsp3) is 0.300. The van der Waals surface area contributed by atoms with Crippen LogP contribution >= 0.6 is 0 Å². The van der Waals surface area contributed by atoms with E-state index in [1.54, 1.807) is 19.2 Å². The molecule has 0 aliphatic heterocycles. The zero-order valence-corrected chi connectivity index (χ0v) is 14.5. The average Bonchev–Trinajstić information content (AvgIpc) is 2.65. The monoisotopic (exact) mass is 340 g/mol. The molecular formula is C20H24N2O3. The van der Waals surface area contributed by atoms with Gasteiger partial charge >= 0.3 is 0 Å². The molecule has 2 rings (SSSR count). The van der Waals surface area contributed by atoms with Crippen molar-refractivity contribution in [3.05, 3.63) is 71.3 Å². The van der Waals surface area contributed by atoms with Crippen molar-refractivity contribution in [1.29, 1.82) is 0 Å². The van der Waals surface area contributed by atoms with Crippen molar-refractivity contribution in [2.75, 3.05) is 13.7 Å². The third-order valence-corrected chi connectivity index (χ3v) is 3.69. The van der Waals surface area contributed by atoms with E-state index in [2.05, 4.69) is 10.6 Å². The molecule has 0 saturated carbocycles. The molecule has 0 aliphatic rings. The Morgan fingerprint density at radius 3 is 2.48 bits per heavy atom. The van der Waals surface area contributed by atoms with E-state index < -0.39 is 0 Å². The summed E-state index contributed by atoms with van der Waals surface area (Å²) in [6, 6.07) is 17.0. The van der Waals surface area contributed by atoms with Crippen LogP contribution in [0.4, 0.5) is 0 Å². The van der Waals surface area contributed by atoms with Crippen LogP contribution in [0.2, 0.25) is 0 Å². The Kier molecular flexibility index (Phi) is 7.66. The Balaban J connectivity index is 1.64. The molecule has 5 nitrogen and oxygen atoms in total. The molecule has 2 N–H and O–H groups in total. The summed E-state index contributed by atoms with van der Waals surface area (Å²) in [5, 5.41) is 5.71. The second-order valence-corrected chi connectivity index (χ2v) is 5.76. The smallest absolute Gasteiger partial charge is 0.251 e. The van der Waals surface area contributed by atoms with Crippen LogP contribution < -0.4 is 10.6 Å². The van der Waals surface area contributed by atoms with Crippen molar-refractivity contribution in [2.24, 2.45) is 0 Å². The van der Waals surface area contributed by atoms with Gasteiger partial charge in [0, 0.05) is 32.2 Å². The van der Waals surface area contributed by atoms with E-state index in [1.165, 1.54) is 0 Å². The van der Waals surface area contributed by atoms with Gasteiger partial charge in [0.05, 0.1) is 6.61 Å². The van der Waals surface area contributed by atoms with E-state index in [4.69, 9.17) is 4.74 Å². The van der Waals surface area contributed by atoms with E-state index in [1.807, 2.05) is 42.5 Å². The lowest BCUT2D eigenvalue weighted by Crippen LogP contribution is -2.27. The molecular weight excluding hydrogens is 316 g/mol. The Morgan fingerprint density at radius 2 is 1.72 bits per heavy atom. The van der Waals surface area contributed by atoms with Crippen LogP contribution in [0.3, 0.4) is 0 Å². The van der Waals surface area contributed by atoms with Gasteiger partial charge in [-0.2, -0.15) is 0 Å². The van der Waals surface area contributed by atoms with E-state index in [9.17, 15) is 9.59 Å². The normalized spacial score (nSPS) is 10.3. The highest BCUT2D eigenvalue weighted by atomic mass is 16.5. The number of amides is 2. The molecule has 2 aromatic carbocycles. The van der Waals surface area contributed by atoms with Gasteiger partial charge in [0.1, 0.15) is 0 Å². The number of ether oxygens (including phenoxy) is 1. The minimum absolute atomic E-state index is 0.0221. The van der Waals surface area contributed by atoms with Crippen LogP contribution in [0.15, 0.2) is 54.6 Å². The van der Waals surface area contributed by atoms with Gasteiger partial charge in [-0.15, -0.1) is 0 Å². The number of hydrogen-bond donors (Lipinski definition) is 2. The van der Waals surface area contributed by atoms with Crippen LogP contribution in [0.25, 0.3) is 0 Å². The lowest BCUT2D eigenvalue weighted by atomic mass is 10.1. The second-order valence-electron chi connectivity index (χ2n) is 5.76. The summed E-state index contributed by atoms with van der Waals surface area (Å²) < 4.78 is 5.10. The third kappa shape index (κ3) is 6.77. The SMILES string of the molecule is COCc1cccc(CNC(=O)CCCNC(=O)c2ccccc2)c1. The van der Waals surface area contributed by atoms with Crippen molar-refractivity contribution in [3.63, 3.8) is 0 Å². The summed E-state index contributed by atoms with van der Waals surface area (Å²) in [6.45, 7) is 1.53. The van der Waals surface area contributed by atoms with Gasteiger partial charge in [0.15, 0.2) is 0 Å². The molecule has 2 amide bonds. The summed E-state index contributed by atoms with van der Waals surface area (Å²) in [7, 11) is 1.66. The molecule has 0 aromatic heterocycles. The highest BCUT2D eigenvalue weighted by molar-refractivity contribution is 5.94. The highest BCUT2D eigenvalue weighted by Crippen LogP contribution is 2.06. The Bertz CT molecular complexity index is 686. The van der Waals surface area contributed by atoms with Crippen LogP contribution in [-0.4, -0.2) is 25.5 Å². The predicted molar refractivity (Wildman–Crippen MR) is 97.0 cm³/mol. The fourth-order valence-electron chi connectivity index (χ4n) is 2.43. The summed E-state index contributed by atoms with van der Waals surface area (Å²) in [4.78, 5) is 23.8. The van der Waals surface area contributed by atoms with Gasteiger partial charge in [-0.3, -0.25) is 9.59 Å². The quantitative estimate of drug-likeness (QED) is 0.690.